The van der Waals surface area contributed by atoms with Gasteiger partial charge in [0.25, 0.3) is 0 Å². The number of nitrogens with one attached hydrogen (secondary N) is 1. The molecule has 1 saturated carbocycles. The van der Waals surface area contributed by atoms with E-state index in [4.69, 9.17) is 9.15 Å². The summed E-state index contributed by atoms with van der Waals surface area (Å²) in [4.78, 5) is 28.2. The van der Waals surface area contributed by atoms with Gasteiger partial charge in [-0.1, -0.05) is 0 Å². The third-order valence-electron chi connectivity index (χ3n) is 5.21. The van der Waals surface area contributed by atoms with E-state index in [9.17, 15) is 9.59 Å². The average molecular weight is 327 g/mol. The van der Waals surface area contributed by atoms with Gasteiger partial charge in [-0.25, -0.2) is 4.79 Å². The number of ketones is 1. The number of esters is 1. The number of rotatable bonds is 3. The molecule has 2 aliphatic carbocycles. The van der Waals surface area contributed by atoms with Gasteiger partial charge in [-0.15, -0.1) is 0 Å². The smallest absolute Gasteiger partial charge is 0.355 e. The molecule has 1 N–H and O–H groups in total. The Labute approximate surface area is 140 Å². The van der Waals surface area contributed by atoms with Crippen LogP contribution < -0.4 is 0 Å². The van der Waals surface area contributed by atoms with Gasteiger partial charge in [0.15, 0.2) is 5.78 Å². The number of Topliss-reactive ketones (excluding diaryl/α,β-unsaturated/α-hetero) is 1. The summed E-state index contributed by atoms with van der Waals surface area (Å²) in [6.45, 7) is 1.83. The van der Waals surface area contributed by atoms with Crippen molar-refractivity contribution in [2.24, 2.45) is 0 Å². The Morgan fingerprint density at radius 3 is 2.79 bits per heavy atom. The number of aromatic amines is 1. The lowest BCUT2D eigenvalue weighted by Gasteiger charge is -2.19. The molecule has 2 aliphatic rings. The van der Waals surface area contributed by atoms with Crippen molar-refractivity contribution in [1.82, 2.24) is 4.98 Å². The van der Waals surface area contributed by atoms with Crippen LogP contribution in [0.1, 0.15) is 75.9 Å². The van der Waals surface area contributed by atoms with Crippen molar-refractivity contribution in [2.45, 2.75) is 57.5 Å². The zero-order valence-electron chi connectivity index (χ0n) is 13.8. The lowest BCUT2D eigenvalue weighted by atomic mass is 9.84. The van der Waals surface area contributed by atoms with Crippen molar-refractivity contribution in [3.63, 3.8) is 0 Å². The summed E-state index contributed by atoms with van der Waals surface area (Å²) >= 11 is 0. The van der Waals surface area contributed by atoms with Crippen LogP contribution in [0.25, 0.3) is 0 Å². The molecule has 24 heavy (non-hydrogen) atoms. The highest BCUT2D eigenvalue weighted by Gasteiger charge is 2.33. The predicted octanol–water partition coefficient (Wildman–Crippen LogP) is 3.93. The van der Waals surface area contributed by atoms with Gasteiger partial charge in [0.05, 0.1) is 6.26 Å². The molecule has 1 atom stereocenters. The third-order valence-corrected chi connectivity index (χ3v) is 5.21. The van der Waals surface area contributed by atoms with Gasteiger partial charge in [-0.3, -0.25) is 4.79 Å². The summed E-state index contributed by atoms with van der Waals surface area (Å²) in [6.07, 6.45) is 6.82. The minimum absolute atomic E-state index is 0.0174. The van der Waals surface area contributed by atoms with Gasteiger partial charge in [0, 0.05) is 23.6 Å². The van der Waals surface area contributed by atoms with Crippen LogP contribution in [0.15, 0.2) is 22.8 Å². The van der Waals surface area contributed by atoms with E-state index in [-0.39, 0.29) is 23.8 Å². The van der Waals surface area contributed by atoms with Crippen molar-refractivity contribution >= 4 is 11.8 Å². The van der Waals surface area contributed by atoms with Gasteiger partial charge >= 0.3 is 5.97 Å². The van der Waals surface area contributed by atoms with Crippen LogP contribution in [0.5, 0.6) is 0 Å². The van der Waals surface area contributed by atoms with E-state index < -0.39 is 0 Å². The molecule has 2 heterocycles. The molecule has 5 nitrogen and oxygen atoms in total. The maximum absolute atomic E-state index is 12.6. The topological polar surface area (TPSA) is 72.3 Å². The molecule has 1 fully saturated rings. The van der Waals surface area contributed by atoms with Crippen molar-refractivity contribution in [2.75, 3.05) is 0 Å². The molecule has 0 bridgehead atoms. The molecule has 126 valence electrons. The number of hydrogen-bond donors (Lipinski definition) is 1. The zero-order valence-corrected chi connectivity index (χ0v) is 13.8. The maximum Gasteiger partial charge on any atom is 0.355 e. The van der Waals surface area contributed by atoms with E-state index in [0.29, 0.717) is 24.1 Å². The van der Waals surface area contributed by atoms with Crippen LogP contribution in [0.2, 0.25) is 0 Å². The van der Waals surface area contributed by atoms with Gasteiger partial charge in [0.2, 0.25) is 0 Å². The normalized spacial score (nSPS) is 21.0. The molecule has 0 unspecified atom stereocenters. The molecular formula is C19H21NO4. The van der Waals surface area contributed by atoms with Crippen molar-refractivity contribution in [3.8, 4) is 0 Å². The Balaban J connectivity index is 1.60. The fourth-order valence-corrected chi connectivity index (χ4v) is 3.98. The minimum atomic E-state index is -0.337. The Morgan fingerprint density at radius 1 is 1.29 bits per heavy atom. The molecule has 2 aromatic rings. The van der Waals surface area contributed by atoms with Crippen LogP contribution in [0, 0.1) is 6.92 Å². The fraction of sp³-hybridized carbons (Fsp3) is 0.474. The first-order valence-electron chi connectivity index (χ1n) is 8.62. The van der Waals surface area contributed by atoms with E-state index in [1.807, 2.05) is 19.1 Å². The fourth-order valence-electron chi connectivity index (χ4n) is 3.98. The maximum atomic E-state index is 12.6. The Kier molecular flexibility index (Phi) is 3.79. The standard InChI is InChI=1S/C19H21NO4/c1-11-17-14(9-12(10-15(17)21)16-7-4-8-23-16)20-18(11)19(22)24-13-5-2-3-6-13/h4,7-8,12-13,20H,2-3,5-6,9-10H2,1H3/t12-/m1/s1. The first-order chi connectivity index (χ1) is 11.6. The zero-order chi connectivity index (χ0) is 16.7. The molecule has 0 spiro atoms. The first-order valence-corrected chi connectivity index (χ1v) is 8.62. The number of hydrogen-bond acceptors (Lipinski definition) is 4. The van der Waals surface area contributed by atoms with Gasteiger partial charge < -0.3 is 14.1 Å². The number of aromatic nitrogens is 1. The van der Waals surface area contributed by atoms with E-state index >= 15 is 0 Å². The van der Waals surface area contributed by atoms with Crippen molar-refractivity contribution in [1.29, 1.82) is 0 Å². The second-order valence-electron chi connectivity index (χ2n) is 6.83. The Morgan fingerprint density at radius 2 is 2.08 bits per heavy atom. The monoisotopic (exact) mass is 327 g/mol. The number of carbonyl (C=O) groups excluding carboxylic acids is 2. The van der Waals surface area contributed by atoms with Crippen molar-refractivity contribution < 1.29 is 18.7 Å². The molecule has 2 aromatic heterocycles. The molecule has 0 aromatic carbocycles. The van der Waals surface area contributed by atoms with E-state index in [1.54, 1.807) is 6.26 Å². The number of furan rings is 1. The second-order valence-corrected chi connectivity index (χ2v) is 6.83. The lowest BCUT2D eigenvalue weighted by molar-refractivity contribution is 0.0310. The number of fused-ring (bicyclic) bond motifs is 1. The average Bonchev–Trinajstić information content (AvgIpc) is 3.28. The van der Waals surface area contributed by atoms with Crippen molar-refractivity contribution in [3.05, 3.63) is 46.7 Å². The van der Waals surface area contributed by atoms with E-state index in [2.05, 4.69) is 4.98 Å². The summed E-state index contributed by atoms with van der Waals surface area (Å²) in [5.41, 5.74) is 2.64. The largest absolute Gasteiger partial charge is 0.469 e. The third kappa shape index (κ3) is 2.58. The number of ether oxygens (including phenoxy) is 1. The van der Waals surface area contributed by atoms with Gasteiger partial charge in [0.1, 0.15) is 17.6 Å². The SMILES string of the molecule is Cc1c(C(=O)OC2CCCC2)[nH]c2c1C(=O)C[C@H](c1ccco1)C2. The molecule has 0 amide bonds. The summed E-state index contributed by atoms with van der Waals surface area (Å²) in [5, 5.41) is 0. The summed E-state index contributed by atoms with van der Waals surface area (Å²) in [7, 11) is 0. The van der Waals surface area contributed by atoms with E-state index in [1.165, 1.54) is 0 Å². The molecule has 4 rings (SSSR count). The van der Waals surface area contributed by atoms with Crippen LogP contribution in [-0.4, -0.2) is 22.8 Å². The molecule has 5 heteroatoms. The second kappa shape index (κ2) is 5.96. The van der Waals surface area contributed by atoms with Gasteiger partial charge in [-0.05, 0) is 56.7 Å². The molecule has 0 radical (unpaired) electrons. The molecule has 0 saturated heterocycles. The summed E-state index contributed by atoms with van der Waals surface area (Å²) in [6, 6.07) is 3.73. The lowest BCUT2D eigenvalue weighted by Crippen LogP contribution is -2.18. The predicted molar refractivity (Wildman–Crippen MR) is 87.3 cm³/mol. The quantitative estimate of drug-likeness (QED) is 0.867. The van der Waals surface area contributed by atoms with Crippen LogP contribution >= 0.6 is 0 Å². The molecular weight excluding hydrogens is 306 g/mol. The Hall–Kier alpha value is -2.30. The minimum Gasteiger partial charge on any atom is -0.469 e. The molecule has 0 aliphatic heterocycles. The Bertz CT molecular complexity index is 766. The van der Waals surface area contributed by atoms with E-state index in [0.717, 1.165) is 42.7 Å². The highest BCUT2D eigenvalue weighted by molar-refractivity contribution is 6.03. The van der Waals surface area contributed by atoms with Crippen LogP contribution in [0.4, 0.5) is 0 Å². The van der Waals surface area contributed by atoms with Crippen LogP contribution in [-0.2, 0) is 11.2 Å². The number of H-pyrrole nitrogens is 1. The summed E-state index contributed by atoms with van der Waals surface area (Å²) < 4.78 is 11.0. The first kappa shape index (κ1) is 15.2. The van der Waals surface area contributed by atoms with Gasteiger partial charge in [-0.2, -0.15) is 0 Å². The highest BCUT2D eigenvalue weighted by Crippen LogP contribution is 2.35. The summed E-state index contributed by atoms with van der Waals surface area (Å²) in [5.74, 6) is 0.565. The number of carbonyl (C=O) groups is 2. The highest BCUT2D eigenvalue weighted by atomic mass is 16.5. The van der Waals surface area contributed by atoms with Crippen LogP contribution in [0.3, 0.4) is 0 Å².